The van der Waals surface area contributed by atoms with Crippen molar-refractivity contribution in [1.29, 1.82) is 0 Å². The minimum atomic E-state index is -0.0920. The predicted molar refractivity (Wildman–Crippen MR) is 113 cm³/mol. The number of anilines is 1. The zero-order valence-corrected chi connectivity index (χ0v) is 17.4. The predicted octanol–water partition coefficient (Wildman–Crippen LogP) is 3.18. The Balaban J connectivity index is 1.21. The van der Waals surface area contributed by atoms with Crippen LogP contribution in [0.15, 0.2) is 24.3 Å². The number of nitrogens with one attached hydrogen (secondary N) is 2. The summed E-state index contributed by atoms with van der Waals surface area (Å²) in [5, 5.41) is 6.03. The molecule has 4 rings (SSSR count). The Morgan fingerprint density at radius 2 is 2.00 bits per heavy atom. The van der Waals surface area contributed by atoms with Gasteiger partial charge in [0.2, 0.25) is 5.91 Å². The van der Waals surface area contributed by atoms with Gasteiger partial charge in [0.25, 0.3) is 5.91 Å². The second kappa shape index (κ2) is 9.16. The first-order valence-electron chi connectivity index (χ1n) is 11.2. The average Bonchev–Trinajstić information content (AvgIpc) is 3.51. The van der Waals surface area contributed by atoms with E-state index in [9.17, 15) is 9.59 Å². The number of nitrogens with zero attached hydrogens (tertiary/aromatic N) is 1. The molecular formula is C23H33N3O3. The molecule has 0 unspecified atom stereocenters. The molecule has 1 saturated heterocycles. The first kappa shape index (κ1) is 20.2. The molecule has 1 aromatic rings. The first-order valence-corrected chi connectivity index (χ1v) is 11.2. The van der Waals surface area contributed by atoms with Gasteiger partial charge in [-0.3, -0.25) is 9.59 Å². The lowest BCUT2D eigenvalue weighted by atomic mass is 9.85. The van der Waals surface area contributed by atoms with Crippen molar-refractivity contribution in [3.8, 4) is 5.75 Å². The van der Waals surface area contributed by atoms with Crippen molar-refractivity contribution >= 4 is 17.5 Å². The third kappa shape index (κ3) is 5.50. The van der Waals surface area contributed by atoms with Gasteiger partial charge in [0, 0.05) is 36.3 Å². The summed E-state index contributed by atoms with van der Waals surface area (Å²) in [6.07, 6.45) is 8.37. The normalized spacial score (nSPS) is 23.7. The highest BCUT2D eigenvalue weighted by atomic mass is 16.5. The molecular weight excluding hydrogens is 366 g/mol. The first-order chi connectivity index (χ1) is 14.1. The van der Waals surface area contributed by atoms with Crippen LogP contribution in [0.1, 0.15) is 51.9 Å². The van der Waals surface area contributed by atoms with Gasteiger partial charge in [-0.05, 0) is 70.0 Å². The molecule has 0 radical (unpaired) electrons. The van der Waals surface area contributed by atoms with E-state index in [1.54, 1.807) is 12.1 Å². The van der Waals surface area contributed by atoms with E-state index in [4.69, 9.17) is 4.74 Å². The van der Waals surface area contributed by atoms with Crippen molar-refractivity contribution in [3.05, 3.63) is 24.3 Å². The van der Waals surface area contributed by atoms with E-state index in [0.717, 1.165) is 25.4 Å². The van der Waals surface area contributed by atoms with Crippen LogP contribution in [0.4, 0.5) is 5.69 Å². The average molecular weight is 400 g/mol. The van der Waals surface area contributed by atoms with Crippen molar-refractivity contribution in [2.24, 2.45) is 11.8 Å². The minimum absolute atomic E-state index is 0.0105. The van der Waals surface area contributed by atoms with Crippen LogP contribution in [0.25, 0.3) is 0 Å². The Labute approximate surface area is 173 Å². The number of amides is 2. The fourth-order valence-corrected chi connectivity index (χ4v) is 4.35. The minimum Gasteiger partial charge on any atom is -0.484 e. The van der Waals surface area contributed by atoms with Crippen LogP contribution < -0.4 is 15.4 Å². The standard InChI is InChI=1S/C23H33N3O3/c1-16(18-5-4-12-26(14-18)20-7-3-8-20)24-22(27)15-29-21-9-2-6-19(13-21)25-23(28)17-10-11-17/h2,6,9,13,16-18,20H,3-5,7-8,10-12,14-15H2,1H3,(H,24,27)(H,25,28)/t16-,18-/m1/s1. The molecule has 6 heteroatoms. The van der Waals surface area contributed by atoms with Gasteiger partial charge in [0.05, 0.1) is 0 Å². The Morgan fingerprint density at radius 1 is 1.17 bits per heavy atom. The van der Waals surface area contributed by atoms with Gasteiger partial charge >= 0.3 is 0 Å². The molecule has 1 heterocycles. The fraction of sp³-hybridized carbons (Fsp3) is 0.652. The molecule has 0 aromatic heterocycles. The van der Waals surface area contributed by atoms with Crippen molar-refractivity contribution in [3.63, 3.8) is 0 Å². The lowest BCUT2D eigenvalue weighted by Gasteiger charge is -2.43. The Kier molecular flexibility index (Phi) is 6.38. The van der Waals surface area contributed by atoms with Gasteiger partial charge in [0.15, 0.2) is 6.61 Å². The summed E-state index contributed by atoms with van der Waals surface area (Å²) in [6, 6.07) is 8.17. The van der Waals surface area contributed by atoms with Gasteiger partial charge in [-0.25, -0.2) is 0 Å². The summed E-state index contributed by atoms with van der Waals surface area (Å²) >= 11 is 0. The van der Waals surface area contributed by atoms with E-state index >= 15 is 0 Å². The van der Waals surface area contributed by atoms with E-state index in [1.807, 2.05) is 12.1 Å². The zero-order valence-electron chi connectivity index (χ0n) is 17.4. The molecule has 6 nitrogen and oxygen atoms in total. The lowest BCUT2D eigenvalue weighted by Crippen LogP contribution is -2.51. The summed E-state index contributed by atoms with van der Waals surface area (Å²) in [6.45, 7) is 4.40. The zero-order chi connectivity index (χ0) is 20.2. The van der Waals surface area contributed by atoms with Gasteiger partial charge in [-0.1, -0.05) is 12.5 Å². The Bertz CT molecular complexity index is 730. The number of hydrogen-bond donors (Lipinski definition) is 2. The van der Waals surface area contributed by atoms with Crippen molar-refractivity contribution in [2.75, 3.05) is 25.0 Å². The Hall–Kier alpha value is -2.08. The van der Waals surface area contributed by atoms with Crippen LogP contribution in [-0.2, 0) is 9.59 Å². The fourth-order valence-electron chi connectivity index (χ4n) is 4.35. The number of rotatable bonds is 8. The molecule has 158 valence electrons. The molecule has 1 aliphatic heterocycles. The van der Waals surface area contributed by atoms with Crippen LogP contribution in [0.2, 0.25) is 0 Å². The molecule has 2 N–H and O–H groups in total. The molecule has 2 amide bonds. The van der Waals surface area contributed by atoms with Gasteiger partial charge < -0.3 is 20.3 Å². The topological polar surface area (TPSA) is 70.7 Å². The van der Waals surface area contributed by atoms with E-state index in [2.05, 4.69) is 22.5 Å². The third-order valence-electron chi connectivity index (χ3n) is 6.60. The maximum absolute atomic E-state index is 12.4. The molecule has 1 aromatic carbocycles. The van der Waals surface area contributed by atoms with E-state index in [-0.39, 0.29) is 30.4 Å². The van der Waals surface area contributed by atoms with Crippen LogP contribution in [-0.4, -0.2) is 48.5 Å². The molecule has 3 aliphatic rings. The summed E-state index contributed by atoms with van der Waals surface area (Å²) in [5.74, 6) is 1.24. The van der Waals surface area contributed by atoms with Crippen molar-refractivity contribution < 1.29 is 14.3 Å². The number of hydrogen-bond acceptors (Lipinski definition) is 4. The SMILES string of the molecule is C[C@@H](NC(=O)COc1cccc(NC(=O)C2CC2)c1)[C@@H]1CCCN(C2CCC2)C1. The number of likely N-dealkylation sites (tertiary alicyclic amines) is 1. The van der Waals surface area contributed by atoms with Gasteiger partial charge in [0.1, 0.15) is 5.75 Å². The molecule has 29 heavy (non-hydrogen) atoms. The molecule has 2 atom stereocenters. The summed E-state index contributed by atoms with van der Waals surface area (Å²) in [7, 11) is 0. The number of ether oxygens (including phenoxy) is 1. The van der Waals surface area contributed by atoms with E-state index in [0.29, 0.717) is 17.4 Å². The highest BCUT2D eigenvalue weighted by Gasteiger charge is 2.32. The van der Waals surface area contributed by atoms with E-state index < -0.39 is 0 Å². The van der Waals surface area contributed by atoms with Gasteiger partial charge in [-0.2, -0.15) is 0 Å². The molecule has 0 bridgehead atoms. The van der Waals surface area contributed by atoms with Crippen LogP contribution >= 0.6 is 0 Å². The Morgan fingerprint density at radius 3 is 2.72 bits per heavy atom. The lowest BCUT2D eigenvalue weighted by molar-refractivity contribution is -0.124. The highest BCUT2D eigenvalue weighted by Crippen LogP contribution is 2.31. The smallest absolute Gasteiger partial charge is 0.258 e. The van der Waals surface area contributed by atoms with E-state index in [1.165, 1.54) is 38.6 Å². The molecule has 2 aliphatic carbocycles. The summed E-state index contributed by atoms with van der Waals surface area (Å²) in [5.41, 5.74) is 0.714. The maximum Gasteiger partial charge on any atom is 0.258 e. The van der Waals surface area contributed by atoms with Crippen LogP contribution in [0.3, 0.4) is 0 Å². The second-order valence-corrected chi connectivity index (χ2v) is 8.92. The van der Waals surface area contributed by atoms with Crippen molar-refractivity contribution in [2.45, 2.75) is 64.0 Å². The van der Waals surface area contributed by atoms with Gasteiger partial charge in [-0.15, -0.1) is 0 Å². The monoisotopic (exact) mass is 399 g/mol. The quantitative estimate of drug-likeness (QED) is 0.704. The third-order valence-corrected chi connectivity index (χ3v) is 6.60. The number of piperidine rings is 1. The molecule has 0 spiro atoms. The van der Waals surface area contributed by atoms with Crippen LogP contribution in [0, 0.1) is 11.8 Å². The number of carbonyl (C=O) groups excluding carboxylic acids is 2. The number of benzene rings is 1. The second-order valence-electron chi connectivity index (χ2n) is 8.92. The molecule has 3 fully saturated rings. The number of carbonyl (C=O) groups is 2. The van der Waals surface area contributed by atoms with Crippen molar-refractivity contribution in [1.82, 2.24) is 10.2 Å². The highest BCUT2D eigenvalue weighted by molar-refractivity contribution is 5.94. The maximum atomic E-state index is 12.4. The summed E-state index contributed by atoms with van der Waals surface area (Å²) < 4.78 is 5.67. The van der Waals surface area contributed by atoms with Crippen LogP contribution in [0.5, 0.6) is 5.75 Å². The largest absolute Gasteiger partial charge is 0.484 e. The molecule has 2 saturated carbocycles. The summed E-state index contributed by atoms with van der Waals surface area (Å²) in [4.78, 5) is 26.9.